The second-order valence-corrected chi connectivity index (χ2v) is 5.57. The van der Waals surface area contributed by atoms with Crippen molar-refractivity contribution < 1.29 is 39.8 Å². The van der Waals surface area contributed by atoms with E-state index in [0.717, 1.165) is 12.1 Å². The van der Waals surface area contributed by atoms with E-state index in [1.807, 2.05) is 0 Å². The second-order valence-electron chi connectivity index (χ2n) is 5.57. The number of hydrogen-bond donors (Lipinski definition) is 6. The third kappa shape index (κ3) is 2.52. The average molecular weight is 340 g/mol. The van der Waals surface area contributed by atoms with E-state index in [1.165, 1.54) is 6.07 Å². The standard InChI is InChI=1S/C15H16O9/c16-4-8-12(20)13(21)14(22)15(24-8)10-6(17)3-7-5(11(10)19)1-2-9(18)23-7/h1-3,8,12-17,19-22H,4H2/t8-,12+,13+,14-,15-/m1/s1. The van der Waals surface area contributed by atoms with Crippen molar-refractivity contribution in [1.82, 2.24) is 0 Å². The van der Waals surface area contributed by atoms with Gasteiger partial charge in [0.25, 0.3) is 0 Å². The van der Waals surface area contributed by atoms with Gasteiger partial charge in [0.2, 0.25) is 0 Å². The number of benzene rings is 1. The number of fused-ring (bicyclic) bond motifs is 1. The number of hydrogen-bond acceptors (Lipinski definition) is 9. The molecule has 3 rings (SSSR count). The molecule has 1 fully saturated rings. The van der Waals surface area contributed by atoms with Gasteiger partial charge in [0.1, 0.15) is 47.6 Å². The smallest absolute Gasteiger partial charge is 0.336 e. The first-order valence-electron chi connectivity index (χ1n) is 7.14. The van der Waals surface area contributed by atoms with E-state index >= 15 is 0 Å². The number of aromatic hydroxyl groups is 2. The SMILES string of the molecule is O=c1ccc2c(O)c([C@H]3O[C@H](CO)[C@H](O)[C@H](O)[C@H]3O)c(O)cc2o1. The summed E-state index contributed by atoms with van der Waals surface area (Å²) in [6.07, 6.45) is -7.52. The molecule has 0 bridgehead atoms. The third-order valence-electron chi connectivity index (χ3n) is 4.09. The van der Waals surface area contributed by atoms with E-state index in [1.54, 1.807) is 0 Å². The molecule has 0 amide bonds. The minimum absolute atomic E-state index is 0.0779. The van der Waals surface area contributed by atoms with Crippen molar-refractivity contribution >= 4 is 11.0 Å². The van der Waals surface area contributed by atoms with Gasteiger partial charge in [0, 0.05) is 12.1 Å². The van der Waals surface area contributed by atoms with Gasteiger partial charge in [-0.3, -0.25) is 0 Å². The highest BCUT2D eigenvalue weighted by Gasteiger charge is 2.45. The van der Waals surface area contributed by atoms with E-state index in [9.17, 15) is 35.4 Å². The summed E-state index contributed by atoms with van der Waals surface area (Å²) in [6, 6.07) is 3.40. The van der Waals surface area contributed by atoms with Crippen LogP contribution in [0.2, 0.25) is 0 Å². The summed E-state index contributed by atoms with van der Waals surface area (Å²) in [6.45, 7) is -0.647. The Labute approximate surface area is 134 Å². The molecule has 1 aliphatic heterocycles. The summed E-state index contributed by atoms with van der Waals surface area (Å²) in [4.78, 5) is 11.2. The van der Waals surface area contributed by atoms with Crippen LogP contribution < -0.4 is 5.63 Å². The number of aliphatic hydroxyl groups is 4. The topological polar surface area (TPSA) is 161 Å². The van der Waals surface area contributed by atoms with Gasteiger partial charge in [-0.05, 0) is 6.07 Å². The zero-order valence-corrected chi connectivity index (χ0v) is 12.2. The highest BCUT2D eigenvalue weighted by Crippen LogP contribution is 2.44. The Morgan fingerprint density at radius 3 is 2.42 bits per heavy atom. The summed E-state index contributed by atoms with van der Waals surface area (Å²) in [5.41, 5.74) is -1.01. The van der Waals surface area contributed by atoms with Crippen LogP contribution in [0.25, 0.3) is 11.0 Å². The molecule has 9 heteroatoms. The normalized spacial score (nSPS) is 30.6. The molecule has 1 aromatic heterocycles. The van der Waals surface area contributed by atoms with Crippen LogP contribution in [0.4, 0.5) is 0 Å². The summed E-state index contributed by atoms with van der Waals surface area (Å²) < 4.78 is 10.2. The van der Waals surface area contributed by atoms with Crippen LogP contribution >= 0.6 is 0 Å². The number of aliphatic hydroxyl groups excluding tert-OH is 4. The zero-order valence-electron chi connectivity index (χ0n) is 12.2. The quantitative estimate of drug-likeness (QED) is 0.366. The Morgan fingerprint density at radius 2 is 1.75 bits per heavy atom. The molecule has 130 valence electrons. The monoisotopic (exact) mass is 340 g/mol. The molecule has 0 aliphatic carbocycles. The average Bonchev–Trinajstić information content (AvgIpc) is 2.54. The third-order valence-corrected chi connectivity index (χ3v) is 4.09. The fourth-order valence-corrected chi connectivity index (χ4v) is 2.82. The first-order chi connectivity index (χ1) is 11.3. The Hall–Kier alpha value is -2.17. The Kier molecular flexibility index (Phi) is 4.20. The van der Waals surface area contributed by atoms with Crippen LogP contribution in [-0.2, 0) is 4.74 Å². The zero-order chi connectivity index (χ0) is 17.6. The Morgan fingerprint density at radius 1 is 1.04 bits per heavy atom. The van der Waals surface area contributed by atoms with Gasteiger partial charge in [0.05, 0.1) is 17.6 Å². The number of rotatable bonds is 2. The highest BCUT2D eigenvalue weighted by molar-refractivity contribution is 5.86. The maximum Gasteiger partial charge on any atom is 0.336 e. The van der Waals surface area contributed by atoms with Crippen LogP contribution in [0.3, 0.4) is 0 Å². The van der Waals surface area contributed by atoms with E-state index in [4.69, 9.17) is 9.15 Å². The lowest BCUT2D eigenvalue weighted by molar-refractivity contribution is -0.232. The summed E-state index contributed by atoms with van der Waals surface area (Å²) in [5.74, 6) is -1.06. The molecular formula is C15H16O9. The van der Waals surface area contributed by atoms with Crippen molar-refractivity contribution in [3.8, 4) is 11.5 Å². The minimum Gasteiger partial charge on any atom is -0.507 e. The van der Waals surface area contributed by atoms with Crippen molar-refractivity contribution in [2.24, 2.45) is 0 Å². The first kappa shape index (κ1) is 16.7. The maximum absolute atomic E-state index is 11.2. The van der Waals surface area contributed by atoms with E-state index in [0.29, 0.717) is 0 Å². The first-order valence-corrected chi connectivity index (χ1v) is 7.14. The lowest BCUT2D eigenvalue weighted by atomic mass is 9.89. The molecule has 2 aromatic rings. The molecule has 1 aliphatic rings. The molecular weight excluding hydrogens is 324 g/mol. The van der Waals surface area contributed by atoms with E-state index in [2.05, 4.69) is 0 Å². The van der Waals surface area contributed by atoms with Crippen molar-refractivity contribution in [3.63, 3.8) is 0 Å². The van der Waals surface area contributed by atoms with Crippen LogP contribution in [0.1, 0.15) is 11.7 Å². The van der Waals surface area contributed by atoms with Crippen molar-refractivity contribution in [3.05, 3.63) is 34.2 Å². The van der Waals surface area contributed by atoms with E-state index in [-0.39, 0.29) is 16.5 Å². The van der Waals surface area contributed by atoms with Gasteiger partial charge < -0.3 is 39.8 Å². The van der Waals surface area contributed by atoms with E-state index < -0.39 is 54.3 Å². The number of ether oxygens (including phenoxy) is 1. The number of phenols is 2. The predicted octanol–water partition coefficient (Wildman–Crippen LogP) is -1.28. The van der Waals surface area contributed by atoms with Gasteiger partial charge >= 0.3 is 5.63 Å². The largest absolute Gasteiger partial charge is 0.507 e. The van der Waals surface area contributed by atoms with Gasteiger partial charge in [-0.1, -0.05) is 0 Å². The molecule has 2 heterocycles. The molecule has 5 atom stereocenters. The molecule has 0 radical (unpaired) electrons. The van der Waals surface area contributed by atoms with Crippen molar-refractivity contribution in [2.75, 3.05) is 6.61 Å². The summed E-state index contributed by atoms with van der Waals surface area (Å²) in [5, 5.41) is 59.6. The van der Waals surface area contributed by atoms with Gasteiger partial charge in [-0.2, -0.15) is 0 Å². The summed E-state index contributed by atoms with van der Waals surface area (Å²) in [7, 11) is 0. The lowest BCUT2D eigenvalue weighted by Crippen LogP contribution is -2.55. The molecule has 1 aromatic carbocycles. The van der Waals surface area contributed by atoms with Crippen LogP contribution in [0.15, 0.2) is 27.4 Å². The maximum atomic E-state index is 11.2. The van der Waals surface area contributed by atoms with Crippen molar-refractivity contribution in [2.45, 2.75) is 30.5 Å². The van der Waals surface area contributed by atoms with Crippen LogP contribution in [0.5, 0.6) is 11.5 Å². The number of phenolic OH excluding ortho intramolecular Hbond substituents is 2. The van der Waals surface area contributed by atoms with Crippen LogP contribution in [0, 0.1) is 0 Å². The predicted molar refractivity (Wildman–Crippen MR) is 78.5 cm³/mol. The minimum atomic E-state index is -1.67. The Balaban J connectivity index is 2.14. The summed E-state index contributed by atoms with van der Waals surface area (Å²) >= 11 is 0. The molecule has 24 heavy (non-hydrogen) atoms. The fourth-order valence-electron chi connectivity index (χ4n) is 2.82. The molecule has 1 saturated heterocycles. The molecule has 0 unspecified atom stereocenters. The molecule has 9 nitrogen and oxygen atoms in total. The second kappa shape index (κ2) is 6.04. The van der Waals surface area contributed by atoms with Crippen LogP contribution in [-0.4, -0.2) is 61.7 Å². The van der Waals surface area contributed by atoms with Gasteiger partial charge in [-0.15, -0.1) is 0 Å². The molecule has 0 saturated carbocycles. The van der Waals surface area contributed by atoms with Crippen molar-refractivity contribution in [1.29, 1.82) is 0 Å². The van der Waals surface area contributed by atoms with Gasteiger partial charge in [0.15, 0.2) is 0 Å². The Bertz CT molecular complexity index is 812. The van der Waals surface area contributed by atoms with Gasteiger partial charge in [-0.25, -0.2) is 4.79 Å². The molecule has 0 spiro atoms. The lowest BCUT2D eigenvalue weighted by Gasteiger charge is -2.40. The fraction of sp³-hybridized carbons (Fsp3) is 0.400. The highest BCUT2D eigenvalue weighted by atomic mass is 16.5. The molecule has 6 N–H and O–H groups in total.